The standard InChI is InChI=1S/C11H18N2O2S/c1-8(2)16(14,15)13-7-10-5-4-6-11(12)9(10)3/h4-6,8,13H,7,12H2,1-3H3. The summed E-state index contributed by atoms with van der Waals surface area (Å²) < 4.78 is 25.7. The summed E-state index contributed by atoms with van der Waals surface area (Å²) in [4.78, 5) is 0. The van der Waals surface area contributed by atoms with E-state index in [1.807, 2.05) is 19.1 Å². The number of rotatable bonds is 4. The molecule has 0 aliphatic rings. The second-order valence-corrected chi connectivity index (χ2v) is 6.37. The molecule has 0 atom stereocenters. The van der Waals surface area contributed by atoms with Crippen molar-refractivity contribution in [3.8, 4) is 0 Å². The van der Waals surface area contributed by atoms with Crippen molar-refractivity contribution >= 4 is 15.7 Å². The first-order valence-corrected chi connectivity index (χ1v) is 6.71. The van der Waals surface area contributed by atoms with Crippen molar-refractivity contribution in [3.05, 3.63) is 29.3 Å². The Morgan fingerprint density at radius 2 is 2.00 bits per heavy atom. The van der Waals surface area contributed by atoms with Crippen LogP contribution in [0.2, 0.25) is 0 Å². The molecular formula is C11H18N2O2S. The SMILES string of the molecule is Cc1c(N)cccc1CNS(=O)(=O)C(C)C. The van der Waals surface area contributed by atoms with E-state index < -0.39 is 15.3 Å². The van der Waals surface area contributed by atoms with Crippen molar-refractivity contribution < 1.29 is 8.42 Å². The van der Waals surface area contributed by atoms with Crippen molar-refractivity contribution in [3.63, 3.8) is 0 Å². The number of hydrogen-bond acceptors (Lipinski definition) is 3. The molecule has 0 radical (unpaired) electrons. The van der Waals surface area contributed by atoms with Gasteiger partial charge in [-0.3, -0.25) is 0 Å². The molecule has 0 heterocycles. The van der Waals surface area contributed by atoms with E-state index in [2.05, 4.69) is 4.72 Å². The maximum Gasteiger partial charge on any atom is 0.214 e. The molecule has 90 valence electrons. The maximum absolute atomic E-state index is 11.6. The normalized spacial score (nSPS) is 12.0. The summed E-state index contributed by atoms with van der Waals surface area (Å²) in [6.45, 7) is 5.47. The van der Waals surface area contributed by atoms with Gasteiger partial charge in [-0.2, -0.15) is 0 Å². The van der Waals surface area contributed by atoms with E-state index in [0.717, 1.165) is 11.1 Å². The highest BCUT2D eigenvalue weighted by atomic mass is 32.2. The van der Waals surface area contributed by atoms with E-state index in [1.54, 1.807) is 19.9 Å². The van der Waals surface area contributed by atoms with Gasteiger partial charge in [0.1, 0.15) is 0 Å². The van der Waals surface area contributed by atoms with Crippen molar-refractivity contribution in [2.45, 2.75) is 32.6 Å². The molecule has 0 saturated carbocycles. The van der Waals surface area contributed by atoms with Crippen LogP contribution in [0.1, 0.15) is 25.0 Å². The van der Waals surface area contributed by atoms with E-state index in [0.29, 0.717) is 5.69 Å². The first-order valence-electron chi connectivity index (χ1n) is 5.17. The second-order valence-electron chi connectivity index (χ2n) is 4.05. The second kappa shape index (κ2) is 4.84. The molecule has 0 fully saturated rings. The molecule has 0 aliphatic carbocycles. The summed E-state index contributed by atoms with van der Waals surface area (Å²) in [5.74, 6) is 0. The summed E-state index contributed by atoms with van der Waals surface area (Å²) >= 11 is 0. The zero-order valence-corrected chi connectivity index (χ0v) is 10.6. The Morgan fingerprint density at radius 3 is 2.56 bits per heavy atom. The molecule has 0 unspecified atom stereocenters. The molecule has 0 saturated heterocycles. The lowest BCUT2D eigenvalue weighted by Crippen LogP contribution is -2.30. The van der Waals surface area contributed by atoms with Crippen LogP contribution in [0.15, 0.2) is 18.2 Å². The Morgan fingerprint density at radius 1 is 1.38 bits per heavy atom. The molecule has 0 spiro atoms. The molecular weight excluding hydrogens is 224 g/mol. The molecule has 1 rings (SSSR count). The minimum absolute atomic E-state index is 0.289. The van der Waals surface area contributed by atoms with Gasteiger partial charge in [-0.25, -0.2) is 13.1 Å². The number of nitrogens with one attached hydrogen (secondary N) is 1. The first-order chi connectivity index (χ1) is 7.34. The fourth-order valence-electron chi connectivity index (χ4n) is 1.24. The molecule has 16 heavy (non-hydrogen) atoms. The highest BCUT2D eigenvalue weighted by Crippen LogP contribution is 2.15. The van der Waals surface area contributed by atoms with Gasteiger partial charge in [-0.15, -0.1) is 0 Å². The third kappa shape index (κ3) is 2.96. The zero-order valence-electron chi connectivity index (χ0n) is 9.82. The smallest absolute Gasteiger partial charge is 0.214 e. The molecule has 3 N–H and O–H groups in total. The highest BCUT2D eigenvalue weighted by Gasteiger charge is 2.15. The van der Waals surface area contributed by atoms with E-state index in [4.69, 9.17) is 5.73 Å². The molecule has 5 heteroatoms. The monoisotopic (exact) mass is 242 g/mol. The summed E-state index contributed by atoms with van der Waals surface area (Å²) in [5, 5.41) is -0.422. The van der Waals surface area contributed by atoms with Crippen LogP contribution in [-0.4, -0.2) is 13.7 Å². The van der Waals surface area contributed by atoms with Gasteiger partial charge in [0.2, 0.25) is 10.0 Å². The highest BCUT2D eigenvalue weighted by molar-refractivity contribution is 7.90. The zero-order chi connectivity index (χ0) is 12.3. The summed E-state index contributed by atoms with van der Waals surface area (Å²) in [7, 11) is -3.22. The van der Waals surface area contributed by atoms with Crippen molar-refractivity contribution in [1.82, 2.24) is 4.72 Å². The van der Waals surface area contributed by atoms with Crippen molar-refractivity contribution in [2.75, 3.05) is 5.73 Å². The molecule has 1 aromatic carbocycles. The minimum Gasteiger partial charge on any atom is -0.399 e. The number of nitrogen functional groups attached to an aromatic ring is 1. The van der Waals surface area contributed by atoms with Gasteiger partial charge in [0, 0.05) is 12.2 Å². The predicted molar refractivity (Wildman–Crippen MR) is 66.5 cm³/mol. The molecule has 0 bridgehead atoms. The topological polar surface area (TPSA) is 72.2 Å². The quantitative estimate of drug-likeness (QED) is 0.784. The van der Waals surface area contributed by atoms with Gasteiger partial charge in [-0.05, 0) is 38.0 Å². The number of nitrogens with two attached hydrogens (primary N) is 1. The lowest BCUT2D eigenvalue weighted by molar-refractivity contribution is 0.572. The minimum atomic E-state index is -3.22. The average molecular weight is 242 g/mol. The Labute approximate surface area is 96.9 Å². The third-order valence-corrected chi connectivity index (χ3v) is 4.36. The Kier molecular flexibility index (Phi) is 3.93. The van der Waals surface area contributed by atoms with Crippen LogP contribution >= 0.6 is 0 Å². The van der Waals surface area contributed by atoms with E-state index in [9.17, 15) is 8.42 Å². The van der Waals surface area contributed by atoms with Gasteiger partial charge in [-0.1, -0.05) is 12.1 Å². The predicted octanol–water partition coefficient (Wildman–Crippen LogP) is 1.41. The van der Waals surface area contributed by atoms with Crippen molar-refractivity contribution in [1.29, 1.82) is 0 Å². The largest absolute Gasteiger partial charge is 0.399 e. The van der Waals surface area contributed by atoms with Gasteiger partial charge >= 0.3 is 0 Å². The van der Waals surface area contributed by atoms with Gasteiger partial charge in [0.05, 0.1) is 5.25 Å². The van der Waals surface area contributed by atoms with Crippen molar-refractivity contribution in [2.24, 2.45) is 0 Å². The third-order valence-electron chi connectivity index (χ3n) is 2.57. The van der Waals surface area contributed by atoms with Gasteiger partial charge < -0.3 is 5.73 Å². The summed E-state index contributed by atoms with van der Waals surface area (Å²) in [5.41, 5.74) is 8.26. The summed E-state index contributed by atoms with van der Waals surface area (Å²) in [6.07, 6.45) is 0. The van der Waals surface area contributed by atoms with E-state index in [-0.39, 0.29) is 6.54 Å². The lowest BCUT2D eigenvalue weighted by Gasteiger charge is -2.12. The lowest BCUT2D eigenvalue weighted by atomic mass is 10.1. The Balaban J connectivity index is 2.80. The number of benzene rings is 1. The fraction of sp³-hybridized carbons (Fsp3) is 0.455. The molecule has 4 nitrogen and oxygen atoms in total. The van der Waals surface area contributed by atoms with Crippen LogP contribution in [0.5, 0.6) is 0 Å². The van der Waals surface area contributed by atoms with Crippen LogP contribution < -0.4 is 10.5 Å². The Hall–Kier alpha value is -1.07. The Bertz CT molecular complexity index is 467. The van der Waals surface area contributed by atoms with Crippen LogP contribution in [0.4, 0.5) is 5.69 Å². The van der Waals surface area contributed by atoms with Crippen LogP contribution in [0, 0.1) is 6.92 Å². The van der Waals surface area contributed by atoms with E-state index >= 15 is 0 Å². The molecule has 0 aromatic heterocycles. The van der Waals surface area contributed by atoms with Crippen LogP contribution in [-0.2, 0) is 16.6 Å². The maximum atomic E-state index is 11.6. The average Bonchev–Trinajstić information content (AvgIpc) is 2.20. The molecule has 0 amide bonds. The van der Waals surface area contributed by atoms with E-state index in [1.165, 1.54) is 0 Å². The molecule has 1 aromatic rings. The number of anilines is 1. The number of hydrogen-bond donors (Lipinski definition) is 2. The number of sulfonamides is 1. The fourth-order valence-corrected chi connectivity index (χ4v) is 1.93. The van der Waals surface area contributed by atoms with Gasteiger partial charge in [0.25, 0.3) is 0 Å². The van der Waals surface area contributed by atoms with Crippen LogP contribution in [0.3, 0.4) is 0 Å². The molecule has 0 aliphatic heterocycles. The van der Waals surface area contributed by atoms with Gasteiger partial charge in [0.15, 0.2) is 0 Å². The van der Waals surface area contributed by atoms with Crippen LogP contribution in [0.25, 0.3) is 0 Å². The summed E-state index contributed by atoms with van der Waals surface area (Å²) in [6, 6.07) is 5.49. The first kappa shape index (κ1) is 13.0.